The lowest BCUT2D eigenvalue weighted by molar-refractivity contribution is -0.157. The summed E-state index contributed by atoms with van der Waals surface area (Å²) in [6.45, 7) is 1.58. The van der Waals surface area contributed by atoms with Crippen molar-refractivity contribution in [2.24, 2.45) is 0 Å². The third-order valence-corrected chi connectivity index (χ3v) is 1.26. The highest BCUT2D eigenvalue weighted by atomic mass is 16.5. The van der Waals surface area contributed by atoms with Crippen molar-refractivity contribution in [1.29, 1.82) is 0 Å². The smallest absolute Gasteiger partial charge is 0.337 e. The van der Waals surface area contributed by atoms with E-state index in [1.807, 2.05) is 0 Å². The van der Waals surface area contributed by atoms with Crippen LogP contribution in [0.5, 0.6) is 0 Å². The Labute approximate surface area is 59.7 Å². The van der Waals surface area contributed by atoms with Gasteiger partial charge in [0.15, 0.2) is 6.10 Å². The van der Waals surface area contributed by atoms with Gasteiger partial charge in [-0.1, -0.05) is 0 Å². The second-order valence-corrected chi connectivity index (χ2v) is 1.91. The van der Waals surface area contributed by atoms with Gasteiger partial charge in [-0.2, -0.15) is 0 Å². The minimum atomic E-state index is -1.19. The van der Waals surface area contributed by atoms with E-state index in [1.54, 1.807) is 6.92 Å². The Balaban J connectivity index is 3.81. The number of rotatable bonds is 3. The van der Waals surface area contributed by atoms with Gasteiger partial charge < -0.3 is 14.6 Å². The molecule has 0 rings (SSSR count). The molecule has 0 aliphatic heterocycles. The predicted molar refractivity (Wildman–Crippen MR) is 34.5 cm³/mol. The second-order valence-electron chi connectivity index (χ2n) is 1.91. The van der Waals surface area contributed by atoms with Gasteiger partial charge in [-0.15, -0.1) is 0 Å². The van der Waals surface area contributed by atoms with Crippen LogP contribution >= 0.6 is 0 Å². The van der Waals surface area contributed by atoms with E-state index in [1.165, 1.54) is 14.2 Å². The summed E-state index contributed by atoms with van der Waals surface area (Å²) in [6.07, 6.45) is -1.71. The molecule has 0 saturated carbocycles. The zero-order valence-corrected chi connectivity index (χ0v) is 6.33. The van der Waals surface area contributed by atoms with Crippen molar-refractivity contribution < 1.29 is 19.4 Å². The molecule has 10 heavy (non-hydrogen) atoms. The van der Waals surface area contributed by atoms with Gasteiger partial charge in [0.2, 0.25) is 0 Å². The molecule has 2 unspecified atom stereocenters. The molecular formula is C6H12O4. The number of carbonyl (C=O) groups excluding carboxylic acids is 1. The highest BCUT2D eigenvalue weighted by Crippen LogP contribution is 1.97. The summed E-state index contributed by atoms with van der Waals surface area (Å²) >= 11 is 0. The van der Waals surface area contributed by atoms with E-state index < -0.39 is 18.2 Å². The zero-order chi connectivity index (χ0) is 8.15. The lowest BCUT2D eigenvalue weighted by Crippen LogP contribution is -2.33. The lowest BCUT2D eigenvalue weighted by Gasteiger charge is -2.13. The Morgan fingerprint density at radius 2 is 2.00 bits per heavy atom. The number of ether oxygens (including phenoxy) is 2. The van der Waals surface area contributed by atoms with Crippen LogP contribution in [0.15, 0.2) is 0 Å². The van der Waals surface area contributed by atoms with Crippen LogP contribution in [0.2, 0.25) is 0 Å². The molecule has 0 fully saturated rings. The number of carbonyl (C=O) groups is 1. The van der Waals surface area contributed by atoms with Gasteiger partial charge >= 0.3 is 5.97 Å². The number of aliphatic hydroxyl groups excluding tert-OH is 1. The summed E-state index contributed by atoms with van der Waals surface area (Å²) in [5.41, 5.74) is 0. The van der Waals surface area contributed by atoms with Crippen LogP contribution in [0.4, 0.5) is 0 Å². The Morgan fingerprint density at radius 1 is 1.50 bits per heavy atom. The maximum absolute atomic E-state index is 10.6. The standard InChI is InChI=1S/C6H12O4/c1-4(9-2)5(7)6(8)10-3/h4-5,7H,1-3H3. The van der Waals surface area contributed by atoms with Crippen molar-refractivity contribution in [2.75, 3.05) is 14.2 Å². The summed E-state index contributed by atoms with van der Waals surface area (Å²) in [4.78, 5) is 10.6. The number of hydrogen-bond donors (Lipinski definition) is 1. The molecule has 0 aromatic rings. The van der Waals surface area contributed by atoms with Crippen LogP contribution in [0.1, 0.15) is 6.92 Å². The highest BCUT2D eigenvalue weighted by Gasteiger charge is 2.22. The SMILES string of the molecule is COC(=O)C(O)C(C)OC. The molecule has 1 N–H and O–H groups in total. The van der Waals surface area contributed by atoms with Gasteiger partial charge in [-0.3, -0.25) is 0 Å². The molecule has 4 nitrogen and oxygen atoms in total. The Hall–Kier alpha value is -0.610. The van der Waals surface area contributed by atoms with Gasteiger partial charge in [0.1, 0.15) is 0 Å². The van der Waals surface area contributed by atoms with E-state index in [0.717, 1.165) is 0 Å². The minimum absolute atomic E-state index is 0.521. The fourth-order valence-corrected chi connectivity index (χ4v) is 0.441. The van der Waals surface area contributed by atoms with Crippen molar-refractivity contribution in [2.45, 2.75) is 19.1 Å². The van der Waals surface area contributed by atoms with Gasteiger partial charge in [-0.05, 0) is 6.92 Å². The minimum Gasteiger partial charge on any atom is -0.467 e. The van der Waals surface area contributed by atoms with Crippen LogP contribution < -0.4 is 0 Å². The van der Waals surface area contributed by atoms with Crippen LogP contribution in [0.3, 0.4) is 0 Å². The van der Waals surface area contributed by atoms with E-state index >= 15 is 0 Å². The molecule has 0 aromatic carbocycles. The van der Waals surface area contributed by atoms with E-state index in [0.29, 0.717) is 0 Å². The number of methoxy groups -OCH3 is 2. The van der Waals surface area contributed by atoms with E-state index in [-0.39, 0.29) is 0 Å². The van der Waals surface area contributed by atoms with Gasteiger partial charge in [-0.25, -0.2) is 4.79 Å². The molecule has 0 amide bonds. The highest BCUT2D eigenvalue weighted by molar-refractivity contribution is 5.74. The molecule has 0 heterocycles. The first kappa shape index (κ1) is 9.39. The Bertz CT molecular complexity index is 112. The molecule has 0 aromatic heterocycles. The average Bonchev–Trinajstić information content (AvgIpc) is 2.00. The second kappa shape index (κ2) is 4.24. The van der Waals surface area contributed by atoms with Gasteiger partial charge in [0.05, 0.1) is 13.2 Å². The maximum atomic E-state index is 10.6. The molecule has 2 atom stereocenters. The molecule has 0 aliphatic rings. The molecule has 0 bridgehead atoms. The molecule has 0 saturated heterocycles. The van der Waals surface area contributed by atoms with Crippen molar-refractivity contribution >= 4 is 5.97 Å². The third kappa shape index (κ3) is 2.33. The van der Waals surface area contributed by atoms with E-state index in [4.69, 9.17) is 5.11 Å². The Kier molecular flexibility index (Phi) is 3.99. The summed E-state index contributed by atoms with van der Waals surface area (Å²) in [5, 5.41) is 8.99. The first-order chi connectivity index (χ1) is 4.63. The van der Waals surface area contributed by atoms with Crippen LogP contribution in [-0.4, -0.2) is 37.5 Å². The molecular weight excluding hydrogens is 136 g/mol. The maximum Gasteiger partial charge on any atom is 0.337 e. The van der Waals surface area contributed by atoms with Gasteiger partial charge in [0, 0.05) is 7.11 Å². The summed E-state index contributed by atoms with van der Waals surface area (Å²) in [6, 6.07) is 0. The number of aliphatic hydroxyl groups is 1. The van der Waals surface area contributed by atoms with Crippen molar-refractivity contribution in [3.63, 3.8) is 0 Å². The predicted octanol–water partition coefficient (Wildman–Crippen LogP) is -0.445. The molecule has 4 heteroatoms. The van der Waals surface area contributed by atoms with E-state index in [9.17, 15) is 4.79 Å². The normalized spacial score (nSPS) is 16.0. The zero-order valence-electron chi connectivity index (χ0n) is 6.33. The fraction of sp³-hybridized carbons (Fsp3) is 0.833. The monoisotopic (exact) mass is 148 g/mol. The van der Waals surface area contributed by atoms with E-state index in [2.05, 4.69) is 9.47 Å². The van der Waals surface area contributed by atoms with Crippen molar-refractivity contribution in [3.8, 4) is 0 Å². The quantitative estimate of drug-likeness (QED) is 0.551. The lowest BCUT2D eigenvalue weighted by atomic mass is 10.2. The summed E-state index contributed by atoms with van der Waals surface area (Å²) in [5.74, 6) is -0.672. The van der Waals surface area contributed by atoms with Gasteiger partial charge in [0.25, 0.3) is 0 Å². The van der Waals surface area contributed by atoms with Crippen molar-refractivity contribution in [3.05, 3.63) is 0 Å². The largest absolute Gasteiger partial charge is 0.467 e. The molecule has 0 aliphatic carbocycles. The van der Waals surface area contributed by atoms with Crippen LogP contribution in [-0.2, 0) is 14.3 Å². The summed E-state index contributed by atoms with van der Waals surface area (Å²) in [7, 11) is 2.63. The molecule has 60 valence electrons. The van der Waals surface area contributed by atoms with Crippen LogP contribution in [0.25, 0.3) is 0 Å². The first-order valence-electron chi connectivity index (χ1n) is 2.92. The average molecular weight is 148 g/mol. The molecule has 0 radical (unpaired) electrons. The fourth-order valence-electron chi connectivity index (χ4n) is 0.441. The number of esters is 1. The molecule has 0 spiro atoms. The third-order valence-electron chi connectivity index (χ3n) is 1.26. The van der Waals surface area contributed by atoms with Crippen molar-refractivity contribution in [1.82, 2.24) is 0 Å². The number of hydrogen-bond acceptors (Lipinski definition) is 4. The first-order valence-corrected chi connectivity index (χ1v) is 2.92. The van der Waals surface area contributed by atoms with Crippen LogP contribution in [0, 0.1) is 0 Å². The summed E-state index contributed by atoms with van der Waals surface area (Å²) < 4.78 is 8.95. The Morgan fingerprint density at radius 3 is 2.30 bits per heavy atom. The topological polar surface area (TPSA) is 55.8 Å².